The monoisotopic (exact) mass is 363 g/mol. The van der Waals surface area contributed by atoms with E-state index >= 15 is 0 Å². The van der Waals surface area contributed by atoms with Gasteiger partial charge in [0.25, 0.3) is 0 Å². The predicted molar refractivity (Wildman–Crippen MR) is 75.2 cm³/mol. The first-order valence-corrected chi connectivity index (χ1v) is 8.18. The van der Waals surface area contributed by atoms with Gasteiger partial charge < -0.3 is 10.2 Å². The standard InChI is InChI=1S/C12H14BrNO5S/c1-7-10(12(16)17)4-9(5-11(7)13)20(18,19)14-3-2-8(15)6-14/h4-5,8,15H,2-3,6H2,1H3,(H,16,17)/t8-/m1/s1. The molecule has 0 saturated carbocycles. The number of β-amino-alcohol motifs (C(OH)–C–C–N with tert-alkyl or cyclic N) is 1. The molecule has 1 atom stereocenters. The summed E-state index contributed by atoms with van der Waals surface area (Å²) in [7, 11) is -3.79. The van der Waals surface area contributed by atoms with Gasteiger partial charge in [-0.3, -0.25) is 0 Å². The summed E-state index contributed by atoms with van der Waals surface area (Å²) in [5.41, 5.74) is 0.413. The smallest absolute Gasteiger partial charge is 0.336 e. The Morgan fingerprint density at radius 1 is 1.45 bits per heavy atom. The van der Waals surface area contributed by atoms with Crippen molar-refractivity contribution in [3.8, 4) is 0 Å². The highest BCUT2D eigenvalue weighted by atomic mass is 79.9. The van der Waals surface area contributed by atoms with Gasteiger partial charge in [0.05, 0.1) is 16.6 Å². The number of halogens is 1. The second kappa shape index (κ2) is 5.44. The summed E-state index contributed by atoms with van der Waals surface area (Å²) in [6.45, 7) is 1.87. The second-order valence-corrected chi connectivity index (χ2v) is 7.48. The van der Waals surface area contributed by atoms with Crippen LogP contribution >= 0.6 is 15.9 Å². The fourth-order valence-electron chi connectivity index (χ4n) is 2.10. The lowest BCUT2D eigenvalue weighted by Crippen LogP contribution is -2.30. The Hall–Kier alpha value is -0.960. The van der Waals surface area contributed by atoms with Gasteiger partial charge in [-0.15, -0.1) is 0 Å². The molecule has 1 heterocycles. The van der Waals surface area contributed by atoms with E-state index in [-0.39, 0.29) is 23.5 Å². The average molecular weight is 364 g/mol. The van der Waals surface area contributed by atoms with Crippen molar-refractivity contribution in [2.45, 2.75) is 24.3 Å². The Morgan fingerprint density at radius 3 is 2.60 bits per heavy atom. The zero-order valence-electron chi connectivity index (χ0n) is 10.7. The van der Waals surface area contributed by atoms with E-state index in [4.69, 9.17) is 5.11 Å². The third kappa shape index (κ3) is 2.73. The molecule has 0 bridgehead atoms. The number of benzene rings is 1. The molecule has 1 aliphatic rings. The summed E-state index contributed by atoms with van der Waals surface area (Å²) in [5.74, 6) is -1.18. The first-order chi connectivity index (χ1) is 9.23. The van der Waals surface area contributed by atoms with Crippen LogP contribution in [0.3, 0.4) is 0 Å². The number of hydrogen-bond donors (Lipinski definition) is 2. The highest BCUT2D eigenvalue weighted by molar-refractivity contribution is 9.10. The molecule has 20 heavy (non-hydrogen) atoms. The number of carbonyl (C=O) groups is 1. The molecule has 0 aliphatic carbocycles. The topological polar surface area (TPSA) is 94.9 Å². The molecule has 2 N–H and O–H groups in total. The number of sulfonamides is 1. The molecular weight excluding hydrogens is 350 g/mol. The predicted octanol–water partition coefficient (Wildman–Crippen LogP) is 1.21. The van der Waals surface area contributed by atoms with Crippen LogP contribution in [0.2, 0.25) is 0 Å². The van der Waals surface area contributed by atoms with Gasteiger partial charge in [-0.2, -0.15) is 4.31 Å². The summed E-state index contributed by atoms with van der Waals surface area (Å²) < 4.78 is 26.4. The summed E-state index contributed by atoms with van der Waals surface area (Å²) >= 11 is 3.18. The summed E-state index contributed by atoms with van der Waals surface area (Å²) in [6.07, 6.45) is -0.282. The molecule has 2 rings (SSSR count). The van der Waals surface area contributed by atoms with E-state index in [0.29, 0.717) is 16.5 Å². The van der Waals surface area contributed by atoms with Crippen molar-refractivity contribution in [1.82, 2.24) is 4.31 Å². The summed E-state index contributed by atoms with van der Waals surface area (Å²) in [4.78, 5) is 11.1. The Balaban J connectivity index is 2.50. The van der Waals surface area contributed by atoms with E-state index in [1.54, 1.807) is 6.92 Å². The van der Waals surface area contributed by atoms with Crippen molar-refractivity contribution in [1.29, 1.82) is 0 Å². The number of nitrogens with zero attached hydrogens (tertiary/aromatic N) is 1. The maximum atomic E-state index is 12.4. The number of carboxylic acid groups (broad SMARTS) is 1. The fraction of sp³-hybridized carbons (Fsp3) is 0.417. The van der Waals surface area contributed by atoms with Gasteiger partial charge in [0.2, 0.25) is 10.0 Å². The van der Waals surface area contributed by atoms with Gasteiger partial charge in [0.15, 0.2) is 0 Å². The minimum Gasteiger partial charge on any atom is -0.478 e. The quantitative estimate of drug-likeness (QED) is 0.841. The van der Waals surface area contributed by atoms with Gasteiger partial charge >= 0.3 is 5.97 Å². The van der Waals surface area contributed by atoms with Crippen molar-refractivity contribution in [2.24, 2.45) is 0 Å². The molecule has 0 unspecified atom stereocenters. The maximum Gasteiger partial charge on any atom is 0.336 e. The lowest BCUT2D eigenvalue weighted by atomic mass is 10.1. The summed E-state index contributed by atoms with van der Waals surface area (Å²) in [5, 5.41) is 18.6. The molecule has 1 aromatic carbocycles. The van der Waals surface area contributed by atoms with Gasteiger partial charge in [-0.1, -0.05) is 15.9 Å². The van der Waals surface area contributed by atoms with E-state index in [2.05, 4.69) is 15.9 Å². The Labute approximate surface area is 125 Å². The van der Waals surface area contributed by atoms with Crippen LogP contribution in [0.4, 0.5) is 0 Å². The van der Waals surface area contributed by atoms with Crippen LogP contribution in [0, 0.1) is 6.92 Å². The zero-order valence-corrected chi connectivity index (χ0v) is 13.1. The molecule has 110 valence electrons. The van der Waals surface area contributed by atoms with Gasteiger partial charge in [-0.25, -0.2) is 13.2 Å². The molecule has 0 amide bonds. The minimum absolute atomic E-state index is 0.0379. The molecule has 1 fully saturated rings. The van der Waals surface area contributed by atoms with Gasteiger partial charge in [-0.05, 0) is 31.0 Å². The van der Waals surface area contributed by atoms with Crippen LogP contribution < -0.4 is 0 Å². The Kier molecular flexibility index (Phi) is 4.19. The van der Waals surface area contributed by atoms with Crippen LogP contribution in [-0.2, 0) is 10.0 Å². The lowest BCUT2D eigenvalue weighted by Gasteiger charge is -2.17. The van der Waals surface area contributed by atoms with E-state index < -0.39 is 22.1 Å². The molecule has 1 aromatic rings. The third-order valence-corrected chi connectivity index (χ3v) is 5.98. The fourth-order valence-corrected chi connectivity index (χ4v) is 4.26. The van der Waals surface area contributed by atoms with Crippen molar-refractivity contribution in [3.63, 3.8) is 0 Å². The van der Waals surface area contributed by atoms with Crippen LogP contribution in [0.1, 0.15) is 22.3 Å². The second-order valence-electron chi connectivity index (χ2n) is 4.69. The van der Waals surface area contributed by atoms with E-state index in [1.165, 1.54) is 10.4 Å². The Morgan fingerprint density at radius 2 is 2.10 bits per heavy atom. The summed E-state index contributed by atoms with van der Waals surface area (Å²) in [6, 6.07) is 2.55. The van der Waals surface area contributed by atoms with Crippen LogP contribution in [0.15, 0.2) is 21.5 Å². The number of aliphatic hydroxyl groups is 1. The molecule has 6 nitrogen and oxygen atoms in total. The van der Waals surface area contributed by atoms with Gasteiger partial charge in [0.1, 0.15) is 0 Å². The number of aliphatic hydroxyl groups excluding tert-OH is 1. The van der Waals surface area contributed by atoms with Crippen molar-refractivity contribution >= 4 is 31.9 Å². The highest BCUT2D eigenvalue weighted by Crippen LogP contribution is 2.28. The Bertz CT molecular complexity index is 658. The van der Waals surface area contributed by atoms with E-state index in [1.807, 2.05) is 0 Å². The first-order valence-electron chi connectivity index (χ1n) is 5.95. The van der Waals surface area contributed by atoms with Crippen LogP contribution in [0.5, 0.6) is 0 Å². The maximum absolute atomic E-state index is 12.4. The molecule has 0 radical (unpaired) electrons. The molecule has 8 heteroatoms. The number of aromatic carboxylic acids is 1. The van der Waals surface area contributed by atoms with E-state index in [9.17, 15) is 18.3 Å². The van der Waals surface area contributed by atoms with E-state index in [0.717, 1.165) is 6.07 Å². The van der Waals surface area contributed by atoms with Crippen LogP contribution in [0.25, 0.3) is 0 Å². The SMILES string of the molecule is Cc1c(Br)cc(S(=O)(=O)N2CC[C@@H](O)C2)cc1C(=O)O. The van der Waals surface area contributed by atoms with Crippen molar-refractivity contribution < 1.29 is 23.4 Å². The number of hydrogen-bond acceptors (Lipinski definition) is 4. The molecule has 0 spiro atoms. The van der Waals surface area contributed by atoms with Crippen molar-refractivity contribution in [3.05, 3.63) is 27.7 Å². The molecule has 1 aliphatic heterocycles. The normalized spacial score (nSPS) is 20.2. The molecule has 1 saturated heterocycles. The third-order valence-electron chi connectivity index (χ3n) is 3.31. The zero-order chi connectivity index (χ0) is 15.1. The number of rotatable bonds is 3. The van der Waals surface area contributed by atoms with Crippen molar-refractivity contribution in [2.75, 3.05) is 13.1 Å². The minimum atomic E-state index is -3.79. The highest BCUT2D eigenvalue weighted by Gasteiger charge is 2.32. The average Bonchev–Trinajstić information content (AvgIpc) is 2.79. The molecular formula is C12H14BrNO5S. The largest absolute Gasteiger partial charge is 0.478 e. The van der Waals surface area contributed by atoms with Crippen LogP contribution in [-0.4, -0.2) is 48.1 Å². The molecule has 0 aromatic heterocycles. The number of carboxylic acids is 1. The first kappa shape index (κ1) is 15.4. The van der Waals surface area contributed by atoms with Gasteiger partial charge in [0, 0.05) is 17.6 Å². The lowest BCUT2D eigenvalue weighted by molar-refractivity contribution is 0.0695.